The fourth-order valence-electron chi connectivity index (χ4n) is 2.20. The predicted molar refractivity (Wildman–Crippen MR) is 67.8 cm³/mol. The lowest BCUT2D eigenvalue weighted by atomic mass is 10.2. The van der Waals surface area contributed by atoms with Crippen molar-refractivity contribution in [2.24, 2.45) is 0 Å². The highest BCUT2D eigenvalue weighted by Gasteiger charge is 2.23. The molecule has 0 unspecified atom stereocenters. The van der Waals surface area contributed by atoms with Gasteiger partial charge in [0.1, 0.15) is 5.82 Å². The van der Waals surface area contributed by atoms with Gasteiger partial charge in [0.15, 0.2) is 0 Å². The average molecular weight is 250 g/mol. The second-order valence-corrected chi connectivity index (χ2v) is 4.56. The van der Waals surface area contributed by atoms with E-state index in [4.69, 9.17) is 9.47 Å². The van der Waals surface area contributed by atoms with Gasteiger partial charge in [-0.05, 0) is 26.0 Å². The largest absolute Gasteiger partial charge is 0.465 e. The molecule has 1 fully saturated rings. The quantitative estimate of drug-likeness (QED) is 0.744. The summed E-state index contributed by atoms with van der Waals surface area (Å²) < 4.78 is 10.4. The van der Waals surface area contributed by atoms with Crippen LogP contribution in [0.4, 0.5) is 5.82 Å². The molecule has 1 saturated heterocycles. The number of anilines is 1. The Bertz CT molecular complexity index is 426. The molecule has 0 spiro atoms. The number of carbonyl (C=O) groups is 1. The lowest BCUT2D eigenvalue weighted by Crippen LogP contribution is -2.45. The van der Waals surface area contributed by atoms with Crippen molar-refractivity contribution in [3.8, 4) is 0 Å². The first-order valence-electron chi connectivity index (χ1n) is 6.05. The number of hydrogen-bond acceptors (Lipinski definition) is 5. The lowest BCUT2D eigenvalue weighted by molar-refractivity contribution is -0.00545. The van der Waals surface area contributed by atoms with E-state index in [1.807, 2.05) is 13.8 Å². The van der Waals surface area contributed by atoms with Crippen LogP contribution in [-0.2, 0) is 9.47 Å². The normalized spacial score (nSPS) is 23.8. The molecule has 1 aliphatic rings. The number of pyridine rings is 1. The Kier molecular flexibility index (Phi) is 3.81. The molecule has 2 heterocycles. The lowest BCUT2D eigenvalue weighted by Gasteiger charge is -2.36. The number of methoxy groups -OCH3 is 1. The molecular formula is C13H18N2O3. The Hall–Kier alpha value is -1.62. The molecule has 0 N–H and O–H groups in total. The second kappa shape index (κ2) is 5.35. The molecule has 0 bridgehead atoms. The molecule has 2 rings (SSSR count). The Morgan fingerprint density at radius 3 is 2.72 bits per heavy atom. The summed E-state index contributed by atoms with van der Waals surface area (Å²) >= 11 is 0. The average Bonchev–Trinajstić information content (AvgIpc) is 2.37. The molecule has 0 radical (unpaired) electrons. The first-order valence-corrected chi connectivity index (χ1v) is 6.05. The van der Waals surface area contributed by atoms with Crippen molar-refractivity contribution in [1.82, 2.24) is 4.98 Å². The summed E-state index contributed by atoms with van der Waals surface area (Å²) in [6.45, 7) is 5.63. The molecule has 5 heteroatoms. The van der Waals surface area contributed by atoms with Crippen molar-refractivity contribution in [3.05, 3.63) is 23.9 Å². The van der Waals surface area contributed by atoms with Gasteiger partial charge in [0.2, 0.25) is 0 Å². The Balaban J connectivity index is 2.20. The maximum atomic E-state index is 11.5. The standard InChI is InChI=1S/C13H18N2O3/c1-9-7-15(8-10(2)18-9)12-6-11(4-5-14-12)13(16)17-3/h4-6,9-10H,7-8H2,1-3H3/t9-,10+. The molecule has 98 valence electrons. The zero-order valence-corrected chi connectivity index (χ0v) is 10.9. The highest BCUT2D eigenvalue weighted by atomic mass is 16.5. The van der Waals surface area contributed by atoms with Crippen LogP contribution in [0.2, 0.25) is 0 Å². The van der Waals surface area contributed by atoms with Crippen molar-refractivity contribution in [3.63, 3.8) is 0 Å². The minimum atomic E-state index is -0.340. The Labute approximate surface area is 107 Å². The Morgan fingerprint density at radius 1 is 1.44 bits per heavy atom. The molecule has 0 aliphatic carbocycles. The topological polar surface area (TPSA) is 51.7 Å². The first kappa shape index (κ1) is 12.8. The Morgan fingerprint density at radius 2 is 2.11 bits per heavy atom. The molecule has 1 aromatic rings. The van der Waals surface area contributed by atoms with E-state index in [0.29, 0.717) is 5.56 Å². The molecule has 0 amide bonds. The van der Waals surface area contributed by atoms with E-state index in [1.54, 1.807) is 18.3 Å². The van der Waals surface area contributed by atoms with Crippen molar-refractivity contribution in [2.45, 2.75) is 26.1 Å². The number of aromatic nitrogens is 1. The van der Waals surface area contributed by atoms with Crippen molar-refractivity contribution in [1.29, 1.82) is 0 Å². The SMILES string of the molecule is COC(=O)c1ccnc(N2C[C@@H](C)O[C@@H](C)C2)c1. The molecule has 5 nitrogen and oxygen atoms in total. The van der Waals surface area contributed by atoms with Crippen LogP contribution in [0.3, 0.4) is 0 Å². The molecule has 2 atom stereocenters. The molecule has 1 aliphatic heterocycles. The van der Waals surface area contributed by atoms with Crippen molar-refractivity contribution >= 4 is 11.8 Å². The fourth-order valence-corrected chi connectivity index (χ4v) is 2.20. The maximum absolute atomic E-state index is 11.5. The highest BCUT2D eigenvalue weighted by Crippen LogP contribution is 2.19. The van der Waals surface area contributed by atoms with Crippen molar-refractivity contribution in [2.75, 3.05) is 25.1 Å². The second-order valence-electron chi connectivity index (χ2n) is 4.56. The third kappa shape index (κ3) is 2.79. The fraction of sp³-hybridized carbons (Fsp3) is 0.538. The number of nitrogens with zero attached hydrogens (tertiary/aromatic N) is 2. The first-order chi connectivity index (χ1) is 8.60. The summed E-state index contributed by atoms with van der Waals surface area (Å²) in [4.78, 5) is 17.9. The summed E-state index contributed by atoms with van der Waals surface area (Å²) in [6.07, 6.45) is 1.96. The summed E-state index contributed by atoms with van der Waals surface area (Å²) in [5.74, 6) is 0.452. The van der Waals surface area contributed by atoms with E-state index in [1.165, 1.54) is 7.11 Å². The van der Waals surface area contributed by atoms with Crippen LogP contribution in [0.5, 0.6) is 0 Å². The van der Waals surface area contributed by atoms with Gasteiger partial charge in [0, 0.05) is 19.3 Å². The number of rotatable bonds is 2. The molecule has 0 aromatic carbocycles. The number of morpholine rings is 1. The van der Waals surface area contributed by atoms with Gasteiger partial charge in [-0.3, -0.25) is 0 Å². The number of carbonyl (C=O) groups excluding carboxylic acids is 1. The zero-order valence-electron chi connectivity index (χ0n) is 10.9. The van der Waals surface area contributed by atoms with Gasteiger partial charge in [-0.2, -0.15) is 0 Å². The van der Waals surface area contributed by atoms with Crippen LogP contribution in [0, 0.1) is 0 Å². The van der Waals surface area contributed by atoms with Gasteiger partial charge >= 0.3 is 5.97 Å². The van der Waals surface area contributed by atoms with E-state index in [9.17, 15) is 4.79 Å². The third-order valence-corrected chi connectivity index (χ3v) is 2.91. The smallest absolute Gasteiger partial charge is 0.338 e. The van der Waals surface area contributed by atoms with Gasteiger partial charge < -0.3 is 14.4 Å². The van der Waals surface area contributed by atoms with Crippen LogP contribution in [0.25, 0.3) is 0 Å². The van der Waals surface area contributed by atoms with Gasteiger partial charge in [0.05, 0.1) is 24.9 Å². The van der Waals surface area contributed by atoms with E-state index < -0.39 is 0 Å². The van der Waals surface area contributed by atoms with E-state index in [0.717, 1.165) is 18.9 Å². The molecule has 1 aromatic heterocycles. The highest BCUT2D eigenvalue weighted by molar-refractivity contribution is 5.90. The summed E-state index contributed by atoms with van der Waals surface area (Å²) in [5.41, 5.74) is 0.522. The van der Waals surface area contributed by atoms with E-state index in [-0.39, 0.29) is 18.2 Å². The number of ether oxygens (including phenoxy) is 2. The third-order valence-electron chi connectivity index (χ3n) is 2.91. The van der Waals surface area contributed by atoms with Crippen LogP contribution in [0.15, 0.2) is 18.3 Å². The number of hydrogen-bond donors (Lipinski definition) is 0. The van der Waals surface area contributed by atoms with Crippen LogP contribution < -0.4 is 4.90 Å². The molecule has 18 heavy (non-hydrogen) atoms. The zero-order chi connectivity index (χ0) is 13.1. The summed E-state index contributed by atoms with van der Waals surface area (Å²) in [7, 11) is 1.38. The minimum Gasteiger partial charge on any atom is -0.465 e. The van der Waals surface area contributed by atoms with Gasteiger partial charge in [0.25, 0.3) is 0 Å². The van der Waals surface area contributed by atoms with Crippen LogP contribution in [0.1, 0.15) is 24.2 Å². The van der Waals surface area contributed by atoms with Gasteiger partial charge in [-0.15, -0.1) is 0 Å². The summed E-state index contributed by atoms with van der Waals surface area (Å²) in [5, 5.41) is 0. The van der Waals surface area contributed by atoms with Crippen molar-refractivity contribution < 1.29 is 14.3 Å². The monoisotopic (exact) mass is 250 g/mol. The summed E-state index contributed by atoms with van der Waals surface area (Å²) in [6, 6.07) is 3.42. The number of esters is 1. The van der Waals surface area contributed by atoms with E-state index >= 15 is 0 Å². The van der Waals surface area contributed by atoms with Gasteiger partial charge in [-0.1, -0.05) is 0 Å². The van der Waals surface area contributed by atoms with Crippen LogP contribution in [-0.4, -0.2) is 43.4 Å². The predicted octanol–water partition coefficient (Wildman–Crippen LogP) is 1.48. The minimum absolute atomic E-state index is 0.164. The maximum Gasteiger partial charge on any atom is 0.338 e. The van der Waals surface area contributed by atoms with E-state index in [2.05, 4.69) is 9.88 Å². The molecule has 0 saturated carbocycles. The van der Waals surface area contributed by atoms with Crippen LogP contribution >= 0.6 is 0 Å². The van der Waals surface area contributed by atoms with Gasteiger partial charge in [-0.25, -0.2) is 9.78 Å². The molecular weight excluding hydrogens is 232 g/mol.